The van der Waals surface area contributed by atoms with Crippen LogP contribution in [0.1, 0.15) is 66.8 Å². The fourth-order valence-corrected chi connectivity index (χ4v) is 5.14. The predicted molar refractivity (Wildman–Crippen MR) is 186 cm³/mol. The van der Waals surface area contributed by atoms with Crippen molar-refractivity contribution in [1.82, 2.24) is 9.97 Å². The molecule has 0 atom stereocenters. The van der Waals surface area contributed by atoms with Crippen molar-refractivity contribution in [3.63, 3.8) is 0 Å². The molecule has 3 aromatic carbocycles. The molecule has 0 N–H and O–H groups in total. The second-order valence-corrected chi connectivity index (χ2v) is 13.8. The highest BCUT2D eigenvalue weighted by atomic mass is 16.5. The number of hydrogen-bond acceptors (Lipinski definition) is 6. The van der Waals surface area contributed by atoms with E-state index >= 15 is 0 Å². The fourth-order valence-electron chi connectivity index (χ4n) is 5.14. The van der Waals surface area contributed by atoms with Crippen molar-refractivity contribution in [2.24, 2.45) is 23.7 Å². The summed E-state index contributed by atoms with van der Waals surface area (Å²) in [5.41, 5.74) is 5.72. The molecule has 5 rings (SSSR count). The van der Waals surface area contributed by atoms with Gasteiger partial charge in [0.2, 0.25) is 11.8 Å². The monoisotopic (exact) mass is 620 g/mol. The van der Waals surface area contributed by atoms with Crippen molar-refractivity contribution >= 4 is 0 Å². The Bertz CT molecular complexity index is 1550. The first-order valence-corrected chi connectivity index (χ1v) is 16.6. The van der Waals surface area contributed by atoms with Gasteiger partial charge in [-0.3, -0.25) is 0 Å². The van der Waals surface area contributed by atoms with E-state index in [-0.39, 0.29) is 0 Å². The summed E-state index contributed by atoms with van der Waals surface area (Å²) in [6, 6.07) is 24.3. The first kappa shape index (κ1) is 33.1. The molecule has 0 saturated carbocycles. The lowest BCUT2D eigenvalue weighted by Crippen LogP contribution is -2.04. The van der Waals surface area contributed by atoms with Crippen LogP contribution in [0.3, 0.4) is 0 Å². The zero-order chi connectivity index (χ0) is 32.8. The molecule has 0 bridgehead atoms. The van der Waals surface area contributed by atoms with Gasteiger partial charge in [0.15, 0.2) is 11.5 Å². The molecule has 0 spiro atoms. The van der Waals surface area contributed by atoms with Gasteiger partial charge in [-0.1, -0.05) is 55.4 Å². The minimum atomic E-state index is 0.441. The first-order valence-electron chi connectivity index (χ1n) is 16.6. The Kier molecular flexibility index (Phi) is 10.7. The molecule has 2 heterocycles. The number of nitrogens with zero attached hydrogens (tertiary/aromatic N) is 2. The molecular weight excluding hydrogens is 572 g/mol. The van der Waals surface area contributed by atoms with Gasteiger partial charge in [0, 0.05) is 22.3 Å². The van der Waals surface area contributed by atoms with E-state index in [0.29, 0.717) is 48.7 Å². The lowest BCUT2D eigenvalue weighted by molar-refractivity contribution is 0.271. The summed E-state index contributed by atoms with van der Waals surface area (Å²) in [7, 11) is 0. The van der Waals surface area contributed by atoms with Crippen LogP contribution in [0.5, 0.6) is 11.5 Å². The Balaban J connectivity index is 1.40. The van der Waals surface area contributed by atoms with Gasteiger partial charge in [0.1, 0.15) is 11.5 Å². The summed E-state index contributed by atoms with van der Waals surface area (Å²) in [6.45, 7) is 18.7. The molecule has 6 nitrogen and oxygen atoms in total. The Morgan fingerprint density at radius 3 is 1.09 bits per heavy atom. The fraction of sp³-hybridized carbons (Fsp3) is 0.400. The Morgan fingerprint density at radius 1 is 0.457 bits per heavy atom. The van der Waals surface area contributed by atoms with Crippen LogP contribution in [-0.2, 0) is 12.8 Å². The highest BCUT2D eigenvalue weighted by Crippen LogP contribution is 2.35. The Labute approximate surface area is 274 Å². The van der Waals surface area contributed by atoms with Crippen molar-refractivity contribution in [2.75, 3.05) is 13.2 Å². The van der Waals surface area contributed by atoms with E-state index in [1.54, 1.807) is 0 Å². The zero-order valence-electron chi connectivity index (χ0n) is 28.6. The second-order valence-electron chi connectivity index (χ2n) is 13.8. The van der Waals surface area contributed by atoms with Crippen molar-refractivity contribution in [3.05, 3.63) is 84.2 Å². The molecule has 2 aromatic heterocycles. The topological polar surface area (TPSA) is 70.5 Å². The van der Waals surface area contributed by atoms with Crippen molar-refractivity contribution in [3.8, 4) is 57.1 Å². The summed E-state index contributed by atoms with van der Waals surface area (Å²) >= 11 is 0. The zero-order valence-corrected chi connectivity index (χ0v) is 28.6. The van der Waals surface area contributed by atoms with Crippen molar-refractivity contribution in [2.45, 2.75) is 68.2 Å². The summed E-state index contributed by atoms with van der Waals surface area (Å²) < 4.78 is 24.6. The molecule has 5 aromatic rings. The molecule has 242 valence electrons. The molecule has 0 aliphatic rings. The number of rotatable bonds is 14. The SMILES string of the molecule is CC(C)COc1ccc(-c2oc(-c3ccc(-c4nc(CC(C)C)c(-c5ccc(OCC(C)C)cc5)o4)cc3)nc2CC(C)C)cc1. The average molecular weight is 621 g/mol. The largest absolute Gasteiger partial charge is 0.493 e. The van der Waals surface area contributed by atoms with E-state index in [9.17, 15) is 0 Å². The Morgan fingerprint density at radius 2 is 0.783 bits per heavy atom. The predicted octanol–water partition coefficient (Wildman–Crippen LogP) is 10.8. The lowest BCUT2D eigenvalue weighted by atomic mass is 10.0. The molecule has 0 unspecified atom stereocenters. The molecule has 46 heavy (non-hydrogen) atoms. The van der Waals surface area contributed by atoms with E-state index in [4.69, 9.17) is 28.3 Å². The normalized spacial score (nSPS) is 11.7. The summed E-state index contributed by atoms with van der Waals surface area (Å²) in [6.07, 6.45) is 1.65. The van der Waals surface area contributed by atoms with Crippen molar-refractivity contribution < 1.29 is 18.3 Å². The van der Waals surface area contributed by atoms with Gasteiger partial charge in [-0.25, -0.2) is 9.97 Å². The maximum Gasteiger partial charge on any atom is 0.227 e. The Hall–Kier alpha value is -4.32. The van der Waals surface area contributed by atoms with Gasteiger partial charge < -0.3 is 18.3 Å². The third-order valence-corrected chi connectivity index (χ3v) is 7.38. The van der Waals surface area contributed by atoms with Gasteiger partial charge in [0.05, 0.1) is 24.6 Å². The number of benzene rings is 3. The van der Waals surface area contributed by atoms with Crippen LogP contribution in [0.15, 0.2) is 81.6 Å². The minimum absolute atomic E-state index is 0.441. The highest BCUT2D eigenvalue weighted by molar-refractivity contribution is 5.69. The smallest absolute Gasteiger partial charge is 0.227 e. The molecule has 0 radical (unpaired) electrons. The van der Waals surface area contributed by atoms with Crippen molar-refractivity contribution in [1.29, 1.82) is 0 Å². The molecular formula is C40H48N2O4. The molecule has 0 aliphatic carbocycles. The van der Waals surface area contributed by atoms with Crippen LogP contribution in [0.25, 0.3) is 45.6 Å². The highest BCUT2D eigenvalue weighted by Gasteiger charge is 2.20. The van der Waals surface area contributed by atoms with Crippen LogP contribution in [-0.4, -0.2) is 23.2 Å². The van der Waals surface area contributed by atoms with Gasteiger partial charge >= 0.3 is 0 Å². The second kappa shape index (κ2) is 14.8. The molecule has 0 aliphatic heterocycles. The van der Waals surface area contributed by atoms with Crippen LogP contribution >= 0.6 is 0 Å². The summed E-state index contributed by atoms with van der Waals surface area (Å²) in [5.74, 6) is 6.36. The van der Waals surface area contributed by atoms with E-state index in [1.807, 2.05) is 72.8 Å². The molecule has 0 amide bonds. The molecule has 0 fully saturated rings. The van der Waals surface area contributed by atoms with E-state index in [0.717, 1.165) is 69.5 Å². The van der Waals surface area contributed by atoms with Gasteiger partial charge in [-0.15, -0.1) is 0 Å². The number of ether oxygens (including phenoxy) is 2. The third-order valence-electron chi connectivity index (χ3n) is 7.38. The van der Waals surface area contributed by atoms with Gasteiger partial charge in [0.25, 0.3) is 0 Å². The number of hydrogen-bond donors (Lipinski definition) is 0. The van der Waals surface area contributed by atoms with Gasteiger partial charge in [-0.2, -0.15) is 0 Å². The maximum atomic E-state index is 6.43. The lowest BCUT2D eigenvalue weighted by Gasteiger charge is -2.09. The average Bonchev–Trinajstić information content (AvgIpc) is 3.63. The van der Waals surface area contributed by atoms with E-state index in [2.05, 4.69) is 55.4 Å². The van der Waals surface area contributed by atoms with Crippen LogP contribution in [0.2, 0.25) is 0 Å². The van der Waals surface area contributed by atoms with Gasteiger partial charge in [-0.05, 0) is 109 Å². The minimum Gasteiger partial charge on any atom is -0.493 e. The van der Waals surface area contributed by atoms with Crippen LogP contribution in [0.4, 0.5) is 0 Å². The van der Waals surface area contributed by atoms with Crippen LogP contribution in [0, 0.1) is 23.7 Å². The molecule has 6 heteroatoms. The first-order chi connectivity index (χ1) is 22.0. The van der Waals surface area contributed by atoms with E-state index in [1.165, 1.54) is 0 Å². The standard InChI is InChI=1S/C40H48N2O4/c1-25(2)21-35-37(29-13-17-33(18-14-29)43-23-27(5)6)45-39(41-35)31-9-11-32(12-10-31)40-42-36(22-26(3)4)38(46-40)30-15-19-34(20-16-30)44-24-28(7)8/h9-20,25-28H,21-24H2,1-8H3. The number of oxazole rings is 2. The quantitative estimate of drug-likeness (QED) is 0.123. The van der Waals surface area contributed by atoms with E-state index < -0.39 is 0 Å². The third kappa shape index (κ3) is 8.48. The molecule has 0 saturated heterocycles. The summed E-state index contributed by atoms with van der Waals surface area (Å²) in [5, 5.41) is 0. The van der Waals surface area contributed by atoms with Crippen LogP contribution < -0.4 is 9.47 Å². The number of aromatic nitrogens is 2. The maximum absolute atomic E-state index is 6.43. The summed E-state index contributed by atoms with van der Waals surface area (Å²) in [4.78, 5) is 9.91.